The van der Waals surface area contributed by atoms with Crippen LogP contribution < -0.4 is 10.6 Å². The SMILES string of the molecule is Cc1ccc(C(C)NC(=O)c2cccc(NC(=O)OC(C)(C)C)c2)o1. The first-order valence-electron chi connectivity index (χ1n) is 8.11. The molecule has 1 aromatic carbocycles. The highest BCUT2D eigenvalue weighted by molar-refractivity contribution is 5.96. The van der Waals surface area contributed by atoms with Crippen LogP contribution in [-0.2, 0) is 4.74 Å². The maximum atomic E-state index is 12.4. The van der Waals surface area contributed by atoms with Crippen molar-refractivity contribution in [3.05, 3.63) is 53.5 Å². The van der Waals surface area contributed by atoms with Gasteiger partial charge in [0.1, 0.15) is 17.1 Å². The van der Waals surface area contributed by atoms with Crippen LogP contribution in [0.4, 0.5) is 10.5 Å². The van der Waals surface area contributed by atoms with E-state index in [1.165, 1.54) is 0 Å². The van der Waals surface area contributed by atoms with Gasteiger partial charge >= 0.3 is 6.09 Å². The summed E-state index contributed by atoms with van der Waals surface area (Å²) < 4.78 is 10.7. The van der Waals surface area contributed by atoms with Gasteiger partial charge in [-0.1, -0.05) is 6.07 Å². The second kappa shape index (κ2) is 7.42. The molecule has 2 aromatic rings. The van der Waals surface area contributed by atoms with Crippen LogP contribution in [0.15, 0.2) is 40.8 Å². The number of hydrogen-bond donors (Lipinski definition) is 2. The maximum Gasteiger partial charge on any atom is 0.412 e. The monoisotopic (exact) mass is 344 g/mol. The number of nitrogens with one attached hydrogen (secondary N) is 2. The van der Waals surface area contributed by atoms with Crippen LogP contribution in [0.1, 0.15) is 55.6 Å². The van der Waals surface area contributed by atoms with Gasteiger partial charge in [0.05, 0.1) is 6.04 Å². The zero-order valence-corrected chi connectivity index (χ0v) is 15.2. The van der Waals surface area contributed by atoms with Crippen molar-refractivity contribution >= 4 is 17.7 Å². The average molecular weight is 344 g/mol. The first-order valence-corrected chi connectivity index (χ1v) is 8.11. The highest BCUT2D eigenvalue weighted by atomic mass is 16.6. The van der Waals surface area contributed by atoms with E-state index in [9.17, 15) is 9.59 Å². The van der Waals surface area contributed by atoms with Crippen molar-refractivity contribution in [2.75, 3.05) is 5.32 Å². The second-order valence-electron chi connectivity index (χ2n) is 6.85. The summed E-state index contributed by atoms with van der Waals surface area (Å²) in [7, 11) is 0. The molecule has 1 aromatic heterocycles. The standard InChI is InChI=1S/C19H24N2O4/c1-12-9-10-16(24-12)13(2)20-17(22)14-7-6-8-15(11-14)21-18(23)25-19(3,4)5/h6-11,13H,1-5H3,(H,20,22)(H,21,23). The molecule has 0 aliphatic carbocycles. The first-order chi connectivity index (χ1) is 11.6. The number of hydrogen-bond acceptors (Lipinski definition) is 4. The number of aryl methyl sites for hydroxylation is 1. The third-order valence-electron chi connectivity index (χ3n) is 3.31. The molecule has 1 atom stereocenters. The molecule has 1 unspecified atom stereocenters. The second-order valence-corrected chi connectivity index (χ2v) is 6.85. The Morgan fingerprint density at radius 2 is 1.88 bits per heavy atom. The third-order valence-corrected chi connectivity index (χ3v) is 3.31. The normalized spacial score (nSPS) is 12.4. The van der Waals surface area contributed by atoms with Crippen LogP contribution in [-0.4, -0.2) is 17.6 Å². The van der Waals surface area contributed by atoms with Crippen LogP contribution >= 0.6 is 0 Å². The van der Waals surface area contributed by atoms with Gasteiger partial charge in [-0.05, 0) is 65.0 Å². The topological polar surface area (TPSA) is 80.6 Å². The van der Waals surface area contributed by atoms with Crippen LogP contribution in [0.5, 0.6) is 0 Å². The molecule has 134 valence electrons. The van der Waals surface area contributed by atoms with Gasteiger partial charge in [-0.25, -0.2) is 4.79 Å². The van der Waals surface area contributed by atoms with Gasteiger partial charge in [-0.15, -0.1) is 0 Å². The van der Waals surface area contributed by atoms with Crippen molar-refractivity contribution < 1.29 is 18.7 Å². The molecule has 2 rings (SSSR count). The summed E-state index contributed by atoms with van der Waals surface area (Å²) in [5.41, 5.74) is 0.336. The first kappa shape index (κ1) is 18.6. The molecule has 0 saturated carbocycles. The van der Waals surface area contributed by atoms with Gasteiger partial charge in [0.25, 0.3) is 5.91 Å². The van der Waals surface area contributed by atoms with E-state index in [0.717, 1.165) is 5.76 Å². The number of anilines is 1. The number of ether oxygens (including phenoxy) is 1. The van der Waals surface area contributed by atoms with Gasteiger partial charge in [0, 0.05) is 11.3 Å². The minimum atomic E-state index is -0.588. The lowest BCUT2D eigenvalue weighted by Crippen LogP contribution is -2.28. The molecule has 2 N–H and O–H groups in total. The number of carbonyl (C=O) groups is 2. The lowest BCUT2D eigenvalue weighted by atomic mass is 10.1. The Bertz CT molecular complexity index is 759. The number of carbonyl (C=O) groups excluding carboxylic acids is 2. The molecular formula is C19H24N2O4. The Labute approximate surface area is 147 Å². The van der Waals surface area contributed by atoms with E-state index < -0.39 is 11.7 Å². The Balaban J connectivity index is 2.02. The van der Waals surface area contributed by atoms with Crippen LogP contribution in [0.2, 0.25) is 0 Å². The molecule has 0 radical (unpaired) electrons. The Morgan fingerprint density at radius 1 is 1.16 bits per heavy atom. The van der Waals surface area contributed by atoms with E-state index in [0.29, 0.717) is 17.0 Å². The number of rotatable bonds is 4. The van der Waals surface area contributed by atoms with Crippen molar-refractivity contribution in [1.29, 1.82) is 0 Å². The molecule has 0 aliphatic rings. The summed E-state index contributed by atoms with van der Waals surface area (Å²) in [6.07, 6.45) is -0.565. The lowest BCUT2D eigenvalue weighted by Gasteiger charge is -2.19. The highest BCUT2D eigenvalue weighted by Crippen LogP contribution is 2.18. The third kappa shape index (κ3) is 5.67. The van der Waals surface area contributed by atoms with Crippen molar-refractivity contribution in [1.82, 2.24) is 5.32 Å². The van der Waals surface area contributed by atoms with E-state index in [2.05, 4.69) is 10.6 Å². The summed E-state index contributed by atoms with van der Waals surface area (Å²) in [6.45, 7) is 9.05. The molecule has 2 amide bonds. The molecule has 0 saturated heterocycles. The van der Waals surface area contributed by atoms with Gasteiger partial charge in [0.15, 0.2) is 0 Å². The average Bonchev–Trinajstić information content (AvgIpc) is 2.92. The highest BCUT2D eigenvalue weighted by Gasteiger charge is 2.17. The zero-order valence-electron chi connectivity index (χ0n) is 15.2. The summed E-state index contributed by atoms with van der Waals surface area (Å²) in [6, 6.07) is 10.1. The quantitative estimate of drug-likeness (QED) is 0.860. The van der Waals surface area contributed by atoms with E-state index in [4.69, 9.17) is 9.15 Å². The summed E-state index contributed by atoms with van der Waals surface area (Å²) in [4.78, 5) is 24.2. The molecule has 0 spiro atoms. The van der Waals surface area contributed by atoms with E-state index >= 15 is 0 Å². The Morgan fingerprint density at radius 3 is 2.48 bits per heavy atom. The summed E-state index contributed by atoms with van der Waals surface area (Å²) >= 11 is 0. The Hall–Kier alpha value is -2.76. The van der Waals surface area contributed by atoms with Crippen molar-refractivity contribution in [3.8, 4) is 0 Å². The lowest BCUT2D eigenvalue weighted by molar-refractivity contribution is 0.0635. The van der Waals surface area contributed by atoms with E-state index in [-0.39, 0.29) is 11.9 Å². The molecule has 6 nitrogen and oxygen atoms in total. The predicted molar refractivity (Wildman–Crippen MR) is 95.6 cm³/mol. The molecule has 6 heteroatoms. The van der Waals surface area contributed by atoms with Crippen molar-refractivity contribution in [2.45, 2.75) is 46.3 Å². The largest absolute Gasteiger partial charge is 0.464 e. The van der Waals surface area contributed by atoms with Crippen LogP contribution in [0.25, 0.3) is 0 Å². The minimum absolute atomic E-state index is 0.255. The fourth-order valence-corrected chi connectivity index (χ4v) is 2.20. The predicted octanol–water partition coefficient (Wildman–Crippen LogP) is 4.43. The molecule has 0 fully saturated rings. The zero-order chi connectivity index (χ0) is 18.6. The Kier molecular flexibility index (Phi) is 5.51. The number of furan rings is 1. The van der Waals surface area contributed by atoms with Crippen LogP contribution in [0.3, 0.4) is 0 Å². The van der Waals surface area contributed by atoms with Gasteiger partial charge < -0.3 is 14.5 Å². The van der Waals surface area contributed by atoms with Gasteiger partial charge in [-0.2, -0.15) is 0 Å². The fourth-order valence-electron chi connectivity index (χ4n) is 2.20. The van der Waals surface area contributed by atoms with Gasteiger partial charge in [0.2, 0.25) is 0 Å². The van der Waals surface area contributed by atoms with E-state index in [1.807, 2.05) is 26.0 Å². The minimum Gasteiger partial charge on any atom is -0.464 e. The van der Waals surface area contributed by atoms with Crippen molar-refractivity contribution in [2.24, 2.45) is 0 Å². The van der Waals surface area contributed by atoms with Crippen LogP contribution in [0, 0.1) is 6.92 Å². The summed E-state index contributed by atoms with van der Waals surface area (Å²) in [5.74, 6) is 1.22. The smallest absolute Gasteiger partial charge is 0.412 e. The molecular weight excluding hydrogens is 320 g/mol. The fraction of sp³-hybridized carbons (Fsp3) is 0.368. The molecule has 1 heterocycles. The maximum absolute atomic E-state index is 12.4. The summed E-state index contributed by atoms with van der Waals surface area (Å²) in [5, 5.41) is 5.49. The molecule has 0 bridgehead atoms. The molecule has 25 heavy (non-hydrogen) atoms. The van der Waals surface area contributed by atoms with Gasteiger partial charge in [-0.3, -0.25) is 10.1 Å². The van der Waals surface area contributed by atoms with E-state index in [1.54, 1.807) is 45.0 Å². The molecule has 0 aliphatic heterocycles. The van der Waals surface area contributed by atoms with Crippen molar-refractivity contribution in [3.63, 3.8) is 0 Å². The number of benzene rings is 1. The number of amides is 2.